The lowest BCUT2D eigenvalue weighted by molar-refractivity contribution is -0.137. The van der Waals surface area contributed by atoms with Crippen molar-refractivity contribution in [3.63, 3.8) is 0 Å². The third kappa shape index (κ3) is 3.60. The van der Waals surface area contributed by atoms with Crippen LogP contribution in [0.4, 0.5) is 18.9 Å². The number of methoxy groups -OCH3 is 1. The van der Waals surface area contributed by atoms with Crippen molar-refractivity contribution >= 4 is 34.2 Å². The molecule has 0 N–H and O–H groups in total. The topological polar surface area (TPSA) is 47.4 Å². The van der Waals surface area contributed by atoms with Gasteiger partial charge in [0.1, 0.15) is 0 Å². The van der Waals surface area contributed by atoms with E-state index in [0.717, 1.165) is 35.2 Å². The first kappa shape index (κ1) is 20.5. The summed E-state index contributed by atoms with van der Waals surface area (Å²) < 4.78 is 45.2. The lowest BCUT2D eigenvalue weighted by Crippen LogP contribution is -2.20. The molecule has 9 heteroatoms. The molecule has 1 aliphatic heterocycles. The van der Waals surface area contributed by atoms with E-state index in [1.165, 1.54) is 13.2 Å². The number of hydrogen-bond acceptors (Lipinski definition) is 4. The number of carbonyl (C=O) groups excluding carboxylic acids is 1. The summed E-state index contributed by atoms with van der Waals surface area (Å²) in [5.74, 6) is -0.320. The monoisotopic (exact) mass is 437 g/mol. The number of esters is 1. The fraction of sp³-hybridized carbons (Fsp3) is 0.333. The molecule has 0 amide bonds. The Morgan fingerprint density at radius 3 is 2.67 bits per heavy atom. The average Bonchev–Trinajstić information content (AvgIpc) is 3.31. The van der Waals surface area contributed by atoms with Gasteiger partial charge in [0.2, 0.25) is 0 Å². The summed E-state index contributed by atoms with van der Waals surface area (Å²) in [6.45, 7) is 1.25. The summed E-state index contributed by atoms with van der Waals surface area (Å²) >= 11 is 6.16. The number of hydrogen-bond donors (Lipinski definition) is 0. The highest BCUT2D eigenvalue weighted by Gasteiger charge is 2.33. The number of aryl methyl sites for hydroxylation is 1. The molecule has 1 unspecified atom stereocenters. The normalized spacial score (nSPS) is 17.0. The molecule has 5 nitrogen and oxygen atoms in total. The van der Waals surface area contributed by atoms with Crippen molar-refractivity contribution in [1.82, 2.24) is 9.78 Å². The van der Waals surface area contributed by atoms with Crippen LogP contribution in [0.2, 0.25) is 5.02 Å². The lowest BCUT2D eigenvalue weighted by Gasteiger charge is -2.21. The van der Waals surface area contributed by atoms with Crippen LogP contribution < -0.4 is 4.90 Å². The quantitative estimate of drug-likeness (QED) is 0.539. The van der Waals surface area contributed by atoms with E-state index in [0.29, 0.717) is 24.3 Å². The van der Waals surface area contributed by atoms with Crippen LogP contribution in [-0.4, -0.2) is 35.9 Å². The molecule has 0 spiro atoms. The zero-order valence-electron chi connectivity index (χ0n) is 16.3. The number of alkyl halides is 3. The van der Waals surface area contributed by atoms with Crippen molar-refractivity contribution in [2.75, 3.05) is 25.1 Å². The molecule has 2 heterocycles. The third-order valence-corrected chi connectivity index (χ3v) is 5.79. The molecule has 3 aromatic rings. The molecule has 0 radical (unpaired) electrons. The standard InChI is InChI=1S/C21H19ClF3N3O2/c1-27-18-9-12(20(29)30-2)3-5-15(18)19(26-27)13-7-8-28(11-13)17-6-4-14(10-16(17)22)21(23,24)25/h3-6,9-10,13H,7-8,11H2,1-2H3. The minimum absolute atomic E-state index is 0.0825. The molecule has 0 aliphatic carbocycles. The van der Waals surface area contributed by atoms with E-state index in [4.69, 9.17) is 16.3 Å². The van der Waals surface area contributed by atoms with E-state index >= 15 is 0 Å². The van der Waals surface area contributed by atoms with E-state index in [-0.39, 0.29) is 10.9 Å². The molecule has 158 valence electrons. The molecular formula is C21H19ClF3N3O2. The Bertz CT molecular complexity index is 1130. The average molecular weight is 438 g/mol. The molecule has 1 saturated heterocycles. The smallest absolute Gasteiger partial charge is 0.416 e. The van der Waals surface area contributed by atoms with Crippen molar-refractivity contribution in [1.29, 1.82) is 0 Å². The maximum absolute atomic E-state index is 12.9. The zero-order chi connectivity index (χ0) is 21.6. The minimum Gasteiger partial charge on any atom is -0.465 e. The van der Waals surface area contributed by atoms with Crippen molar-refractivity contribution < 1.29 is 22.7 Å². The number of nitrogens with zero attached hydrogens (tertiary/aromatic N) is 3. The second-order valence-corrected chi connectivity index (χ2v) is 7.74. The second kappa shape index (κ2) is 7.50. The Balaban J connectivity index is 1.61. The fourth-order valence-electron chi connectivity index (χ4n) is 3.97. The van der Waals surface area contributed by atoms with Gasteiger partial charge < -0.3 is 9.64 Å². The zero-order valence-corrected chi connectivity index (χ0v) is 17.1. The van der Waals surface area contributed by atoms with Crippen LogP contribution in [0, 0.1) is 0 Å². The van der Waals surface area contributed by atoms with Gasteiger partial charge in [-0.05, 0) is 36.8 Å². The summed E-state index contributed by atoms with van der Waals surface area (Å²) in [6, 6.07) is 8.76. The number of benzene rings is 2. The van der Waals surface area contributed by atoms with Gasteiger partial charge in [0.05, 0.1) is 40.2 Å². The summed E-state index contributed by atoms with van der Waals surface area (Å²) in [5, 5.41) is 5.67. The Morgan fingerprint density at radius 2 is 2.00 bits per heavy atom. The number of carbonyl (C=O) groups is 1. The van der Waals surface area contributed by atoms with Gasteiger partial charge in [0, 0.05) is 31.4 Å². The van der Waals surface area contributed by atoms with Gasteiger partial charge in [-0.1, -0.05) is 17.7 Å². The predicted molar refractivity (Wildman–Crippen MR) is 108 cm³/mol. The minimum atomic E-state index is -4.42. The highest BCUT2D eigenvalue weighted by atomic mass is 35.5. The van der Waals surface area contributed by atoms with Crippen LogP contribution in [0.15, 0.2) is 36.4 Å². The molecule has 1 aromatic heterocycles. The van der Waals surface area contributed by atoms with Crippen molar-refractivity contribution in [2.24, 2.45) is 7.05 Å². The van der Waals surface area contributed by atoms with Gasteiger partial charge in [-0.2, -0.15) is 18.3 Å². The Hall–Kier alpha value is -2.74. The molecule has 1 aliphatic rings. The van der Waals surface area contributed by atoms with Crippen molar-refractivity contribution in [3.05, 3.63) is 58.2 Å². The molecular weight excluding hydrogens is 419 g/mol. The van der Waals surface area contributed by atoms with Gasteiger partial charge in [0.15, 0.2) is 0 Å². The SMILES string of the molecule is COC(=O)c1ccc2c(C3CCN(c4ccc(C(F)(F)F)cc4Cl)C3)nn(C)c2c1. The van der Waals surface area contributed by atoms with Crippen LogP contribution >= 0.6 is 11.6 Å². The molecule has 1 fully saturated rings. The Kier molecular flexibility index (Phi) is 5.13. The van der Waals surface area contributed by atoms with Crippen molar-refractivity contribution in [2.45, 2.75) is 18.5 Å². The van der Waals surface area contributed by atoms with Gasteiger partial charge in [-0.3, -0.25) is 4.68 Å². The van der Waals surface area contributed by atoms with Crippen LogP contribution in [0.25, 0.3) is 10.9 Å². The van der Waals surface area contributed by atoms with Crippen molar-refractivity contribution in [3.8, 4) is 0 Å². The number of aromatic nitrogens is 2. The number of fused-ring (bicyclic) bond motifs is 1. The van der Waals surface area contributed by atoms with E-state index < -0.39 is 17.7 Å². The maximum Gasteiger partial charge on any atom is 0.416 e. The maximum atomic E-state index is 12.9. The molecule has 30 heavy (non-hydrogen) atoms. The molecule has 4 rings (SSSR count). The van der Waals surface area contributed by atoms with Gasteiger partial charge >= 0.3 is 12.1 Å². The summed E-state index contributed by atoms with van der Waals surface area (Å²) in [6.07, 6.45) is -3.63. The summed E-state index contributed by atoms with van der Waals surface area (Å²) in [4.78, 5) is 13.8. The van der Waals surface area contributed by atoms with E-state index in [2.05, 4.69) is 5.10 Å². The Labute approximate surface area is 176 Å². The van der Waals surface area contributed by atoms with E-state index in [1.807, 2.05) is 18.0 Å². The van der Waals surface area contributed by atoms with Crippen LogP contribution in [0.5, 0.6) is 0 Å². The van der Waals surface area contributed by atoms with Gasteiger partial charge in [0.25, 0.3) is 0 Å². The molecule has 2 aromatic carbocycles. The highest BCUT2D eigenvalue weighted by Crippen LogP contribution is 2.39. The number of ether oxygens (including phenoxy) is 1. The molecule has 1 atom stereocenters. The van der Waals surface area contributed by atoms with Gasteiger partial charge in [-0.25, -0.2) is 4.79 Å². The van der Waals surface area contributed by atoms with Gasteiger partial charge in [-0.15, -0.1) is 0 Å². The first-order valence-corrected chi connectivity index (χ1v) is 9.73. The number of anilines is 1. The predicted octanol–water partition coefficient (Wildman–Crippen LogP) is 5.03. The van der Waals surface area contributed by atoms with E-state index in [1.54, 1.807) is 16.8 Å². The Morgan fingerprint density at radius 1 is 1.23 bits per heavy atom. The lowest BCUT2D eigenvalue weighted by atomic mass is 10.0. The summed E-state index contributed by atoms with van der Waals surface area (Å²) in [7, 11) is 3.15. The third-order valence-electron chi connectivity index (χ3n) is 5.49. The van der Waals surface area contributed by atoms with E-state index in [9.17, 15) is 18.0 Å². The van der Waals surface area contributed by atoms with Crippen LogP contribution in [-0.2, 0) is 18.0 Å². The van der Waals surface area contributed by atoms with Crippen LogP contribution in [0.1, 0.15) is 34.0 Å². The largest absolute Gasteiger partial charge is 0.465 e. The first-order chi connectivity index (χ1) is 14.2. The molecule has 0 saturated carbocycles. The number of rotatable bonds is 3. The highest BCUT2D eigenvalue weighted by molar-refractivity contribution is 6.33. The first-order valence-electron chi connectivity index (χ1n) is 9.35. The summed E-state index contributed by atoms with van der Waals surface area (Å²) in [5.41, 5.74) is 1.99. The second-order valence-electron chi connectivity index (χ2n) is 7.33. The number of halogens is 4. The molecule has 0 bridgehead atoms. The fourth-order valence-corrected chi connectivity index (χ4v) is 4.27. The van der Waals surface area contributed by atoms with Crippen LogP contribution in [0.3, 0.4) is 0 Å².